The Kier molecular flexibility index (Phi) is 7.83. The van der Waals surface area contributed by atoms with Gasteiger partial charge in [-0.25, -0.2) is 8.42 Å². The summed E-state index contributed by atoms with van der Waals surface area (Å²) in [5, 5.41) is 2.96. The summed E-state index contributed by atoms with van der Waals surface area (Å²) in [6.07, 6.45) is 1.18. The number of carbonyl (C=O) groups is 1. The number of hydrogen-bond donors (Lipinski definition) is 1. The lowest BCUT2D eigenvalue weighted by molar-refractivity contribution is 0.0939. The fraction of sp³-hybridized carbons (Fsp3) is 0.269. The van der Waals surface area contributed by atoms with Gasteiger partial charge in [-0.05, 0) is 67.4 Å². The first-order valence-electron chi connectivity index (χ1n) is 10.8. The van der Waals surface area contributed by atoms with Crippen LogP contribution >= 0.6 is 0 Å². The van der Waals surface area contributed by atoms with E-state index in [4.69, 9.17) is 9.47 Å². The number of benzene rings is 3. The van der Waals surface area contributed by atoms with Crippen LogP contribution in [0.4, 0.5) is 5.69 Å². The maximum atomic E-state index is 12.9. The lowest BCUT2D eigenvalue weighted by Crippen LogP contribution is -2.30. The van der Waals surface area contributed by atoms with Crippen LogP contribution in [-0.2, 0) is 16.6 Å². The summed E-state index contributed by atoms with van der Waals surface area (Å²) in [6, 6.07) is 19.2. The molecule has 8 heteroatoms. The minimum absolute atomic E-state index is 0.212. The topological polar surface area (TPSA) is 84.9 Å². The Morgan fingerprint density at radius 3 is 2.26 bits per heavy atom. The molecule has 0 saturated carbocycles. The van der Waals surface area contributed by atoms with Crippen LogP contribution < -0.4 is 19.1 Å². The highest BCUT2D eigenvalue weighted by Gasteiger charge is 2.20. The normalized spacial score (nSPS) is 12.0. The standard InChI is InChI=1S/C26H30N2O5S/c1-18-8-6-7-9-21(18)17-28(34(5,30)31)22-12-10-20(11-13-22)26(29)27-19(2)24-16-23(32-3)14-15-25(24)33-4/h6-16,19H,17H2,1-5H3,(H,27,29)/t19-/m1/s1. The Morgan fingerprint density at radius 1 is 1.00 bits per heavy atom. The van der Waals surface area contributed by atoms with Crippen molar-refractivity contribution in [3.63, 3.8) is 0 Å². The SMILES string of the molecule is COc1ccc(OC)c([C@@H](C)NC(=O)c2ccc(N(Cc3ccccc3C)S(C)(=O)=O)cc2)c1. The Morgan fingerprint density at radius 2 is 1.68 bits per heavy atom. The summed E-state index contributed by atoms with van der Waals surface area (Å²) in [4.78, 5) is 12.9. The average molecular weight is 483 g/mol. The maximum absolute atomic E-state index is 12.9. The molecule has 180 valence electrons. The molecule has 0 saturated heterocycles. The van der Waals surface area contributed by atoms with Crippen LogP contribution in [-0.4, -0.2) is 34.8 Å². The van der Waals surface area contributed by atoms with Gasteiger partial charge in [-0.1, -0.05) is 24.3 Å². The van der Waals surface area contributed by atoms with Gasteiger partial charge in [-0.3, -0.25) is 9.10 Å². The van der Waals surface area contributed by atoms with E-state index in [2.05, 4.69) is 5.32 Å². The monoisotopic (exact) mass is 482 g/mol. The van der Waals surface area contributed by atoms with Gasteiger partial charge >= 0.3 is 0 Å². The van der Waals surface area contributed by atoms with Gasteiger partial charge in [0.05, 0.1) is 38.7 Å². The number of sulfonamides is 1. The smallest absolute Gasteiger partial charge is 0.251 e. The molecule has 7 nitrogen and oxygen atoms in total. The third kappa shape index (κ3) is 5.88. The number of methoxy groups -OCH3 is 2. The lowest BCUT2D eigenvalue weighted by Gasteiger charge is -2.24. The molecular formula is C26H30N2O5S. The third-order valence-corrected chi connectivity index (χ3v) is 6.78. The molecule has 3 rings (SSSR count). The molecule has 1 amide bonds. The zero-order valence-electron chi connectivity index (χ0n) is 20.0. The fourth-order valence-electron chi connectivity index (χ4n) is 3.66. The predicted molar refractivity (Wildman–Crippen MR) is 134 cm³/mol. The molecule has 0 aliphatic rings. The molecule has 0 unspecified atom stereocenters. The van der Waals surface area contributed by atoms with Crippen LogP contribution in [0.3, 0.4) is 0 Å². The van der Waals surface area contributed by atoms with Gasteiger partial charge in [0, 0.05) is 11.1 Å². The van der Waals surface area contributed by atoms with Gasteiger partial charge in [0.1, 0.15) is 11.5 Å². The summed E-state index contributed by atoms with van der Waals surface area (Å²) < 4.78 is 37.0. The second kappa shape index (κ2) is 10.6. The number of ether oxygens (including phenoxy) is 2. The Hall–Kier alpha value is -3.52. The molecule has 0 aromatic heterocycles. The van der Waals surface area contributed by atoms with Crippen molar-refractivity contribution in [2.75, 3.05) is 24.8 Å². The van der Waals surface area contributed by atoms with Crippen LogP contribution in [0.2, 0.25) is 0 Å². The minimum Gasteiger partial charge on any atom is -0.497 e. The molecule has 3 aromatic rings. The van der Waals surface area contributed by atoms with E-state index in [1.54, 1.807) is 50.6 Å². The number of aryl methyl sites for hydroxylation is 1. The number of rotatable bonds is 9. The van der Waals surface area contributed by atoms with Crippen molar-refractivity contribution in [1.82, 2.24) is 5.32 Å². The van der Waals surface area contributed by atoms with Crippen molar-refractivity contribution in [2.24, 2.45) is 0 Å². The molecular weight excluding hydrogens is 452 g/mol. The summed E-state index contributed by atoms with van der Waals surface area (Å²) in [6.45, 7) is 4.02. The van der Waals surface area contributed by atoms with Gasteiger partial charge in [-0.15, -0.1) is 0 Å². The van der Waals surface area contributed by atoms with Gasteiger partial charge in [-0.2, -0.15) is 0 Å². The quantitative estimate of drug-likeness (QED) is 0.486. The molecule has 0 bridgehead atoms. The van der Waals surface area contributed by atoms with Crippen LogP contribution in [0.1, 0.15) is 40.0 Å². The molecule has 0 aliphatic heterocycles. The highest BCUT2D eigenvalue weighted by Crippen LogP contribution is 2.29. The summed E-state index contributed by atoms with van der Waals surface area (Å²) in [7, 11) is -0.377. The van der Waals surface area contributed by atoms with Crippen molar-refractivity contribution in [2.45, 2.75) is 26.4 Å². The Labute approximate surface area is 201 Å². The Bertz CT molecular complexity index is 1260. The lowest BCUT2D eigenvalue weighted by atomic mass is 10.1. The maximum Gasteiger partial charge on any atom is 0.251 e. The van der Waals surface area contributed by atoms with E-state index >= 15 is 0 Å². The van der Waals surface area contributed by atoms with Crippen LogP contribution in [0.5, 0.6) is 11.5 Å². The first-order valence-corrected chi connectivity index (χ1v) is 12.6. The van der Waals surface area contributed by atoms with Crippen molar-refractivity contribution in [3.05, 3.63) is 89.0 Å². The Balaban J connectivity index is 1.80. The summed E-state index contributed by atoms with van der Waals surface area (Å²) >= 11 is 0. The van der Waals surface area contributed by atoms with Gasteiger partial charge in [0.15, 0.2) is 0 Å². The van der Waals surface area contributed by atoms with Crippen molar-refractivity contribution in [3.8, 4) is 11.5 Å². The molecule has 34 heavy (non-hydrogen) atoms. The van der Waals surface area contributed by atoms with E-state index in [1.165, 1.54) is 10.6 Å². The first kappa shape index (κ1) is 25.1. The predicted octanol–water partition coefficient (Wildman–Crippen LogP) is 4.47. The second-order valence-electron chi connectivity index (χ2n) is 8.05. The highest BCUT2D eigenvalue weighted by atomic mass is 32.2. The number of hydrogen-bond acceptors (Lipinski definition) is 5. The number of amides is 1. The molecule has 0 aliphatic carbocycles. The van der Waals surface area contributed by atoms with E-state index in [0.717, 1.165) is 16.7 Å². The van der Waals surface area contributed by atoms with Crippen LogP contribution in [0.25, 0.3) is 0 Å². The summed E-state index contributed by atoms with van der Waals surface area (Å²) in [5.41, 5.74) is 3.62. The number of anilines is 1. The highest BCUT2D eigenvalue weighted by molar-refractivity contribution is 7.92. The van der Waals surface area contributed by atoms with Crippen LogP contribution in [0, 0.1) is 6.92 Å². The van der Waals surface area contributed by atoms with E-state index in [1.807, 2.05) is 44.2 Å². The largest absolute Gasteiger partial charge is 0.497 e. The fourth-order valence-corrected chi connectivity index (χ4v) is 4.54. The molecule has 1 atom stereocenters. The first-order chi connectivity index (χ1) is 16.1. The number of nitrogens with zero attached hydrogens (tertiary/aromatic N) is 1. The molecule has 0 radical (unpaired) electrons. The zero-order chi connectivity index (χ0) is 24.9. The minimum atomic E-state index is -3.53. The molecule has 3 aromatic carbocycles. The van der Waals surface area contributed by atoms with E-state index in [0.29, 0.717) is 22.7 Å². The molecule has 0 spiro atoms. The average Bonchev–Trinajstić information content (AvgIpc) is 2.82. The van der Waals surface area contributed by atoms with Crippen molar-refractivity contribution in [1.29, 1.82) is 0 Å². The van der Waals surface area contributed by atoms with Crippen molar-refractivity contribution < 1.29 is 22.7 Å². The van der Waals surface area contributed by atoms with Crippen molar-refractivity contribution >= 4 is 21.6 Å². The third-order valence-electron chi connectivity index (χ3n) is 5.64. The molecule has 0 fully saturated rings. The van der Waals surface area contributed by atoms with Crippen LogP contribution in [0.15, 0.2) is 66.7 Å². The molecule has 1 N–H and O–H groups in total. The van der Waals surface area contributed by atoms with Gasteiger partial charge < -0.3 is 14.8 Å². The van der Waals surface area contributed by atoms with Gasteiger partial charge in [0.25, 0.3) is 5.91 Å². The second-order valence-corrected chi connectivity index (χ2v) is 9.95. The van der Waals surface area contributed by atoms with E-state index in [9.17, 15) is 13.2 Å². The number of carbonyl (C=O) groups excluding carboxylic acids is 1. The number of nitrogens with one attached hydrogen (secondary N) is 1. The van der Waals surface area contributed by atoms with Gasteiger partial charge in [0.2, 0.25) is 10.0 Å². The zero-order valence-corrected chi connectivity index (χ0v) is 20.8. The van der Waals surface area contributed by atoms with E-state index < -0.39 is 10.0 Å². The molecule has 0 heterocycles. The van der Waals surface area contributed by atoms with E-state index in [-0.39, 0.29) is 18.5 Å². The summed E-state index contributed by atoms with van der Waals surface area (Å²) in [5.74, 6) is 1.02.